The second kappa shape index (κ2) is 5.22. The Morgan fingerprint density at radius 2 is 2.19 bits per heavy atom. The summed E-state index contributed by atoms with van der Waals surface area (Å²) in [6.45, 7) is 0. The topological polar surface area (TPSA) is 87.1 Å². The molecule has 88 valence electrons. The summed E-state index contributed by atoms with van der Waals surface area (Å²) in [4.78, 5) is 11.5. The Labute approximate surface area is 97.1 Å². The van der Waals surface area contributed by atoms with Gasteiger partial charge in [0.25, 0.3) is 0 Å². The highest BCUT2D eigenvalue weighted by atomic mass is 32.1. The fourth-order valence-corrected chi connectivity index (χ4v) is 2.21. The van der Waals surface area contributed by atoms with Crippen molar-refractivity contribution >= 4 is 22.5 Å². The average Bonchev–Trinajstić information content (AvgIpc) is 2.74. The molecule has 1 aliphatic carbocycles. The highest BCUT2D eigenvalue weighted by Crippen LogP contribution is 2.18. The van der Waals surface area contributed by atoms with Crippen molar-refractivity contribution in [2.45, 2.75) is 37.8 Å². The number of nitrogens with one attached hydrogen (secondary N) is 2. The van der Waals surface area contributed by atoms with Crippen LogP contribution in [0, 0.1) is 0 Å². The lowest BCUT2D eigenvalue weighted by Crippen LogP contribution is -2.40. The number of carbonyl (C=O) groups excluding carboxylic acids is 1. The van der Waals surface area contributed by atoms with Gasteiger partial charge in [-0.1, -0.05) is 11.3 Å². The van der Waals surface area contributed by atoms with Crippen molar-refractivity contribution in [1.82, 2.24) is 15.5 Å². The van der Waals surface area contributed by atoms with Crippen LogP contribution in [0.4, 0.5) is 9.93 Å². The van der Waals surface area contributed by atoms with Crippen LogP contribution in [0.15, 0.2) is 5.51 Å². The molecule has 0 aromatic carbocycles. The van der Waals surface area contributed by atoms with Gasteiger partial charge in [-0.05, 0) is 25.7 Å². The van der Waals surface area contributed by atoms with Crippen LogP contribution >= 0.6 is 11.3 Å². The molecule has 6 nitrogen and oxygen atoms in total. The van der Waals surface area contributed by atoms with E-state index in [4.69, 9.17) is 0 Å². The summed E-state index contributed by atoms with van der Waals surface area (Å²) < 4.78 is 0. The Morgan fingerprint density at radius 3 is 2.81 bits per heavy atom. The number of rotatable bonds is 2. The number of aromatic nitrogens is 2. The molecule has 0 aliphatic heterocycles. The summed E-state index contributed by atoms with van der Waals surface area (Å²) in [5.74, 6) is 0. The Hall–Kier alpha value is -1.21. The molecule has 0 spiro atoms. The lowest BCUT2D eigenvalue weighted by atomic mass is 9.93. The number of amides is 2. The number of urea groups is 1. The number of carbonyl (C=O) groups is 1. The minimum absolute atomic E-state index is 0.149. The molecule has 3 N–H and O–H groups in total. The number of anilines is 1. The summed E-state index contributed by atoms with van der Waals surface area (Å²) in [5, 5.41) is 22.6. The standard InChI is InChI=1S/C9H14N4O2S/c14-7-3-1-6(2-4-7)11-8(15)12-9-13-10-5-16-9/h5-7,14H,1-4H2,(H2,11,12,13,15). The number of aliphatic hydroxyl groups is 1. The van der Waals surface area contributed by atoms with E-state index in [2.05, 4.69) is 20.8 Å². The summed E-state index contributed by atoms with van der Waals surface area (Å²) in [5.41, 5.74) is 1.56. The normalized spacial score (nSPS) is 25.1. The zero-order valence-electron chi connectivity index (χ0n) is 8.72. The van der Waals surface area contributed by atoms with Crippen molar-refractivity contribution in [3.8, 4) is 0 Å². The largest absolute Gasteiger partial charge is 0.393 e. The molecule has 1 saturated carbocycles. The molecule has 1 heterocycles. The fraction of sp³-hybridized carbons (Fsp3) is 0.667. The fourth-order valence-electron chi connectivity index (χ4n) is 1.77. The van der Waals surface area contributed by atoms with Gasteiger partial charge in [-0.15, -0.1) is 10.2 Å². The minimum atomic E-state index is -0.252. The first-order valence-corrected chi connectivity index (χ1v) is 6.14. The molecule has 2 amide bonds. The molecule has 0 atom stereocenters. The number of aliphatic hydroxyl groups excluding tert-OH is 1. The molecule has 0 saturated heterocycles. The monoisotopic (exact) mass is 242 g/mol. The highest BCUT2D eigenvalue weighted by molar-refractivity contribution is 7.13. The summed E-state index contributed by atoms with van der Waals surface area (Å²) >= 11 is 1.28. The molecular weight excluding hydrogens is 228 g/mol. The van der Waals surface area contributed by atoms with Crippen LogP contribution < -0.4 is 10.6 Å². The third-order valence-electron chi connectivity index (χ3n) is 2.61. The molecule has 2 rings (SSSR count). The van der Waals surface area contributed by atoms with Gasteiger partial charge in [0.1, 0.15) is 5.51 Å². The Kier molecular flexibility index (Phi) is 3.68. The van der Waals surface area contributed by atoms with Crippen LogP contribution in [0.5, 0.6) is 0 Å². The number of hydrogen-bond acceptors (Lipinski definition) is 5. The van der Waals surface area contributed by atoms with E-state index in [1.54, 1.807) is 5.51 Å². The van der Waals surface area contributed by atoms with Crippen molar-refractivity contribution < 1.29 is 9.90 Å². The van der Waals surface area contributed by atoms with Crippen LogP contribution in [0.25, 0.3) is 0 Å². The van der Waals surface area contributed by atoms with Crippen LogP contribution in [0.3, 0.4) is 0 Å². The molecule has 0 bridgehead atoms. The summed E-state index contributed by atoms with van der Waals surface area (Å²) in [6.07, 6.45) is 2.95. The average molecular weight is 242 g/mol. The summed E-state index contributed by atoms with van der Waals surface area (Å²) in [6, 6.07) is -0.102. The van der Waals surface area contributed by atoms with Crippen LogP contribution in [-0.2, 0) is 0 Å². The molecule has 0 unspecified atom stereocenters. The zero-order valence-corrected chi connectivity index (χ0v) is 9.54. The first kappa shape index (κ1) is 11.3. The molecule has 0 radical (unpaired) electrons. The van der Waals surface area contributed by atoms with Crippen molar-refractivity contribution in [2.24, 2.45) is 0 Å². The maximum atomic E-state index is 11.5. The first-order chi connectivity index (χ1) is 7.74. The third kappa shape index (κ3) is 3.14. The van der Waals surface area contributed by atoms with E-state index in [1.807, 2.05) is 0 Å². The van der Waals surface area contributed by atoms with Crippen molar-refractivity contribution in [3.05, 3.63) is 5.51 Å². The van der Waals surface area contributed by atoms with E-state index in [0.29, 0.717) is 5.13 Å². The predicted molar refractivity (Wildman–Crippen MR) is 60.3 cm³/mol. The van der Waals surface area contributed by atoms with E-state index < -0.39 is 0 Å². The molecular formula is C9H14N4O2S. The Bertz CT molecular complexity index is 335. The van der Waals surface area contributed by atoms with E-state index >= 15 is 0 Å². The molecule has 7 heteroatoms. The number of hydrogen-bond donors (Lipinski definition) is 3. The van der Waals surface area contributed by atoms with Crippen LogP contribution in [0.1, 0.15) is 25.7 Å². The van der Waals surface area contributed by atoms with Gasteiger partial charge in [-0.2, -0.15) is 0 Å². The quantitative estimate of drug-likeness (QED) is 0.721. The highest BCUT2D eigenvalue weighted by Gasteiger charge is 2.20. The maximum Gasteiger partial charge on any atom is 0.321 e. The van der Waals surface area contributed by atoms with Crippen LogP contribution in [0.2, 0.25) is 0 Å². The lowest BCUT2D eigenvalue weighted by molar-refractivity contribution is 0.118. The maximum absolute atomic E-state index is 11.5. The van der Waals surface area contributed by atoms with Crippen molar-refractivity contribution in [3.63, 3.8) is 0 Å². The van der Waals surface area contributed by atoms with Gasteiger partial charge >= 0.3 is 6.03 Å². The van der Waals surface area contributed by atoms with Gasteiger partial charge in [0.15, 0.2) is 0 Å². The van der Waals surface area contributed by atoms with Crippen LogP contribution in [-0.4, -0.2) is 33.5 Å². The predicted octanol–water partition coefficient (Wildman–Crippen LogP) is 0.963. The zero-order chi connectivity index (χ0) is 11.4. The van der Waals surface area contributed by atoms with Gasteiger partial charge in [0.2, 0.25) is 5.13 Å². The molecule has 1 fully saturated rings. The second-order valence-electron chi connectivity index (χ2n) is 3.85. The van der Waals surface area contributed by atoms with E-state index in [-0.39, 0.29) is 18.2 Å². The minimum Gasteiger partial charge on any atom is -0.393 e. The van der Waals surface area contributed by atoms with Crippen molar-refractivity contribution in [2.75, 3.05) is 5.32 Å². The Morgan fingerprint density at radius 1 is 1.44 bits per heavy atom. The van der Waals surface area contributed by atoms with E-state index in [1.165, 1.54) is 11.3 Å². The van der Waals surface area contributed by atoms with Gasteiger partial charge in [0, 0.05) is 6.04 Å². The second-order valence-corrected chi connectivity index (χ2v) is 4.68. The lowest BCUT2D eigenvalue weighted by Gasteiger charge is -2.25. The third-order valence-corrected chi connectivity index (χ3v) is 3.22. The van der Waals surface area contributed by atoms with E-state index in [9.17, 15) is 9.90 Å². The molecule has 1 aromatic heterocycles. The molecule has 16 heavy (non-hydrogen) atoms. The first-order valence-electron chi connectivity index (χ1n) is 5.26. The SMILES string of the molecule is O=C(Nc1nncs1)NC1CCC(O)CC1. The number of nitrogens with zero attached hydrogens (tertiary/aromatic N) is 2. The van der Waals surface area contributed by atoms with Gasteiger partial charge < -0.3 is 10.4 Å². The van der Waals surface area contributed by atoms with Gasteiger partial charge in [0.05, 0.1) is 6.10 Å². The Balaban J connectivity index is 1.75. The summed E-state index contributed by atoms with van der Waals surface area (Å²) in [7, 11) is 0. The molecule has 1 aliphatic rings. The molecule has 1 aromatic rings. The smallest absolute Gasteiger partial charge is 0.321 e. The van der Waals surface area contributed by atoms with Gasteiger partial charge in [-0.25, -0.2) is 4.79 Å². The van der Waals surface area contributed by atoms with Crippen molar-refractivity contribution in [1.29, 1.82) is 0 Å². The van der Waals surface area contributed by atoms with E-state index in [0.717, 1.165) is 25.7 Å². The van der Waals surface area contributed by atoms with Gasteiger partial charge in [-0.3, -0.25) is 5.32 Å².